The Kier molecular flexibility index (Phi) is 9.58. The van der Waals surface area contributed by atoms with E-state index < -0.39 is 0 Å². The lowest BCUT2D eigenvalue weighted by Crippen LogP contribution is -2.40. The highest BCUT2D eigenvalue weighted by Gasteiger charge is 2.21. The van der Waals surface area contributed by atoms with Gasteiger partial charge in [-0.05, 0) is 13.0 Å². The number of Topliss-reactive ketones (excluding diaryl/α,β-unsaturated/α-hetero) is 1. The molecule has 0 aliphatic heterocycles. The Morgan fingerprint density at radius 1 is 1.08 bits per heavy atom. The summed E-state index contributed by atoms with van der Waals surface area (Å²) in [5.41, 5.74) is 0. The highest BCUT2D eigenvalue weighted by molar-refractivity contribution is 5.85. The molecule has 0 aromatic rings. The summed E-state index contributed by atoms with van der Waals surface area (Å²) in [6.45, 7) is 12.0. The van der Waals surface area contributed by atoms with Gasteiger partial charge >= 0.3 is 0 Å². The van der Waals surface area contributed by atoms with Crippen molar-refractivity contribution in [2.24, 2.45) is 11.8 Å². The molecule has 0 saturated carbocycles. The van der Waals surface area contributed by atoms with Gasteiger partial charge in [0.15, 0.2) is 5.78 Å². The van der Waals surface area contributed by atoms with E-state index in [9.17, 15) is 4.79 Å². The molecule has 2 nitrogen and oxygen atoms in total. The summed E-state index contributed by atoms with van der Waals surface area (Å²) in [7, 11) is 1.84. The van der Waals surface area contributed by atoms with Crippen molar-refractivity contribution in [3.05, 3.63) is 0 Å². The summed E-state index contributed by atoms with van der Waals surface area (Å²) in [6.07, 6.45) is 0. The summed E-state index contributed by atoms with van der Waals surface area (Å²) in [4.78, 5) is 11.5. The third kappa shape index (κ3) is 5.81. The molecule has 2 heteroatoms. The second-order valence-corrected chi connectivity index (χ2v) is 3.57. The molecule has 0 rings (SSSR count). The quantitative estimate of drug-likeness (QED) is 0.732. The first kappa shape index (κ1) is 15.1. The molecule has 0 fully saturated rings. The molecular formula is C11H25NO. The Morgan fingerprint density at radius 3 is 1.54 bits per heavy atom. The Labute approximate surface area is 83.1 Å². The van der Waals surface area contributed by atoms with Crippen LogP contribution in [0, 0.1) is 11.8 Å². The van der Waals surface area contributed by atoms with Crippen molar-refractivity contribution < 1.29 is 4.79 Å². The number of nitrogens with one attached hydrogen (secondary N) is 1. The molecule has 0 aromatic heterocycles. The monoisotopic (exact) mass is 187 g/mol. The van der Waals surface area contributed by atoms with Crippen molar-refractivity contribution in [3.63, 3.8) is 0 Å². The molecule has 13 heavy (non-hydrogen) atoms. The number of hydrogen-bond acceptors (Lipinski definition) is 2. The van der Waals surface area contributed by atoms with Gasteiger partial charge in [-0.3, -0.25) is 4.79 Å². The van der Waals surface area contributed by atoms with Crippen LogP contribution in [-0.4, -0.2) is 18.9 Å². The molecular weight excluding hydrogens is 162 g/mol. The van der Waals surface area contributed by atoms with Crippen LogP contribution in [0.1, 0.15) is 41.5 Å². The minimum Gasteiger partial charge on any atom is -0.310 e. The second kappa shape index (κ2) is 8.24. The molecule has 0 amide bonds. The van der Waals surface area contributed by atoms with Crippen LogP contribution in [0.15, 0.2) is 0 Å². The summed E-state index contributed by atoms with van der Waals surface area (Å²) >= 11 is 0. The molecule has 0 aliphatic carbocycles. The second-order valence-electron chi connectivity index (χ2n) is 3.57. The number of rotatable bonds is 4. The molecule has 1 atom stereocenters. The molecule has 80 valence electrons. The first-order valence-corrected chi connectivity index (χ1v) is 5.21. The first-order valence-electron chi connectivity index (χ1n) is 5.21. The normalized spacial score (nSPS) is 12.4. The van der Waals surface area contributed by atoms with Crippen LogP contribution in [0.3, 0.4) is 0 Å². The van der Waals surface area contributed by atoms with Gasteiger partial charge in [0.05, 0.1) is 6.04 Å². The van der Waals surface area contributed by atoms with Crippen molar-refractivity contribution in [2.75, 3.05) is 7.05 Å². The summed E-state index contributed by atoms with van der Waals surface area (Å²) < 4.78 is 0. The predicted octanol–water partition coefficient (Wildman–Crippen LogP) is 2.48. The Hall–Kier alpha value is -0.370. The van der Waals surface area contributed by atoms with Crippen LogP contribution in [0.25, 0.3) is 0 Å². The maximum Gasteiger partial charge on any atom is 0.152 e. The van der Waals surface area contributed by atoms with E-state index in [1.807, 2.05) is 34.7 Å². The van der Waals surface area contributed by atoms with Crippen molar-refractivity contribution in [3.8, 4) is 0 Å². The molecule has 0 spiro atoms. The largest absolute Gasteiger partial charge is 0.310 e. The lowest BCUT2D eigenvalue weighted by molar-refractivity contribution is -0.124. The molecule has 0 aliphatic rings. The number of ketones is 1. The van der Waals surface area contributed by atoms with Crippen molar-refractivity contribution in [1.29, 1.82) is 0 Å². The SMILES string of the molecule is CC.CNC(C(=O)C(C)C)C(C)C. The molecule has 1 unspecified atom stereocenters. The molecule has 1 N–H and O–H groups in total. The maximum atomic E-state index is 11.5. The average molecular weight is 187 g/mol. The Bertz CT molecular complexity index is 130. The van der Waals surface area contributed by atoms with Crippen LogP contribution < -0.4 is 5.32 Å². The molecule has 0 radical (unpaired) electrons. The van der Waals surface area contributed by atoms with Crippen molar-refractivity contribution in [2.45, 2.75) is 47.6 Å². The van der Waals surface area contributed by atoms with Gasteiger partial charge in [-0.15, -0.1) is 0 Å². The van der Waals surface area contributed by atoms with Gasteiger partial charge < -0.3 is 5.32 Å². The van der Waals surface area contributed by atoms with Crippen LogP contribution in [0.5, 0.6) is 0 Å². The molecule has 0 aromatic carbocycles. The zero-order valence-corrected chi connectivity index (χ0v) is 10.1. The fourth-order valence-corrected chi connectivity index (χ4v) is 1.16. The average Bonchev–Trinajstić information content (AvgIpc) is 2.08. The standard InChI is InChI=1S/C9H19NO.C2H6/c1-6(2)8(10-5)9(11)7(3)4;1-2/h6-8,10H,1-5H3;1-2H3. The zero-order valence-electron chi connectivity index (χ0n) is 10.1. The van der Waals surface area contributed by atoms with E-state index >= 15 is 0 Å². The number of carbonyl (C=O) groups excluding carboxylic acids is 1. The smallest absolute Gasteiger partial charge is 0.152 e. The Morgan fingerprint density at radius 2 is 1.46 bits per heavy atom. The van der Waals surface area contributed by atoms with Crippen LogP contribution in [0.2, 0.25) is 0 Å². The lowest BCUT2D eigenvalue weighted by atomic mass is 9.93. The summed E-state index contributed by atoms with van der Waals surface area (Å²) in [6, 6.07) is 0.0231. The summed E-state index contributed by atoms with van der Waals surface area (Å²) in [5, 5.41) is 3.03. The highest BCUT2D eigenvalue weighted by atomic mass is 16.1. The number of carbonyl (C=O) groups is 1. The van der Waals surface area contributed by atoms with Gasteiger partial charge in [0.25, 0.3) is 0 Å². The van der Waals surface area contributed by atoms with Gasteiger partial charge in [-0.2, -0.15) is 0 Å². The third-order valence-corrected chi connectivity index (χ3v) is 1.85. The van der Waals surface area contributed by atoms with Gasteiger partial charge in [-0.1, -0.05) is 41.5 Å². The number of likely N-dealkylation sites (N-methyl/N-ethyl adjacent to an activating group) is 1. The van der Waals surface area contributed by atoms with E-state index in [0.717, 1.165) is 0 Å². The first-order chi connectivity index (χ1) is 6.00. The van der Waals surface area contributed by atoms with Crippen LogP contribution >= 0.6 is 0 Å². The van der Waals surface area contributed by atoms with E-state index in [0.29, 0.717) is 11.7 Å². The Balaban J connectivity index is 0. The predicted molar refractivity (Wildman–Crippen MR) is 58.9 cm³/mol. The molecule has 0 saturated heterocycles. The fraction of sp³-hybridized carbons (Fsp3) is 0.909. The van der Waals surface area contributed by atoms with Crippen LogP contribution in [0.4, 0.5) is 0 Å². The van der Waals surface area contributed by atoms with E-state index in [1.165, 1.54) is 0 Å². The van der Waals surface area contributed by atoms with Gasteiger partial charge in [-0.25, -0.2) is 0 Å². The van der Waals surface area contributed by atoms with Crippen molar-refractivity contribution in [1.82, 2.24) is 5.32 Å². The van der Waals surface area contributed by atoms with E-state index in [4.69, 9.17) is 0 Å². The van der Waals surface area contributed by atoms with E-state index in [-0.39, 0.29) is 12.0 Å². The topological polar surface area (TPSA) is 29.1 Å². The van der Waals surface area contributed by atoms with E-state index in [1.54, 1.807) is 0 Å². The maximum absolute atomic E-state index is 11.5. The van der Waals surface area contributed by atoms with Gasteiger partial charge in [0, 0.05) is 5.92 Å². The molecule has 0 bridgehead atoms. The van der Waals surface area contributed by atoms with Gasteiger partial charge in [0.1, 0.15) is 0 Å². The fourth-order valence-electron chi connectivity index (χ4n) is 1.16. The van der Waals surface area contributed by atoms with Crippen LogP contribution in [-0.2, 0) is 4.79 Å². The minimum absolute atomic E-state index is 0.0231. The third-order valence-electron chi connectivity index (χ3n) is 1.85. The molecule has 0 heterocycles. The number of hydrogen-bond donors (Lipinski definition) is 1. The minimum atomic E-state index is 0.0231. The lowest BCUT2D eigenvalue weighted by Gasteiger charge is -2.20. The van der Waals surface area contributed by atoms with Crippen molar-refractivity contribution >= 4 is 5.78 Å². The highest BCUT2D eigenvalue weighted by Crippen LogP contribution is 2.07. The van der Waals surface area contributed by atoms with Gasteiger partial charge in [0.2, 0.25) is 0 Å². The van der Waals surface area contributed by atoms with E-state index in [2.05, 4.69) is 19.2 Å². The zero-order chi connectivity index (χ0) is 11.0. The summed E-state index contributed by atoms with van der Waals surface area (Å²) in [5.74, 6) is 0.826.